The molecule has 1 saturated heterocycles. The number of aromatic nitrogens is 4. The van der Waals surface area contributed by atoms with Crippen molar-refractivity contribution in [1.82, 2.24) is 24.6 Å². The summed E-state index contributed by atoms with van der Waals surface area (Å²) < 4.78 is 7.26. The molecule has 0 saturated carbocycles. The first kappa shape index (κ1) is 17.4. The highest BCUT2D eigenvalue weighted by atomic mass is 16.6. The van der Waals surface area contributed by atoms with E-state index in [0.29, 0.717) is 25.0 Å². The molecular weight excluding hydrogens is 318 g/mol. The third kappa shape index (κ3) is 4.15. The van der Waals surface area contributed by atoms with Crippen molar-refractivity contribution in [3.05, 3.63) is 35.9 Å². The SMILES string of the molecule is Cc1cnc(-n2nccc2C2CCN(C(=O)OC(C)(C)C)CC2)nc1. The zero-order valence-corrected chi connectivity index (χ0v) is 15.3. The summed E-state index contributed by atoms with van der Waals surface area (Å²) in [5.74, 6) is 0.909. The van der Waals surface area contributed by atoms with Crippen LogP contribution in [-0.4, -0.2) is 49.4 Å². The van der Waals surface area contributed by atoms with E-state index in [0.717, 1.165) is 24.1 Å². The van der Waals surface area contributed by atoms with Gasteiger partial charge in [0.25, 0.3) is 5.95 Å². The Kier molecular flexibility index (Phi) is 4.74. The number of likely N-dealkylation sites (tertiary alicyclic amines) is 1. The van der Waals surface area contributed by atoms with Gasteiger partial charge in [-0.25, -0.2) is 19.4 Å². The molecule has 0 aromatic carbocycles. The molecular formula is C18H25N5O2. The summed E-state index contributed by atoms with van der Waals surface area (Å²) >= 11 is 0. The monoisotopic (exact) mass is 343 g/mol. The molecule has 1 aliphatic heterocycles. The highest BCUT2D eigenvalue weighted by molar-refractivity contribution is 5.68. The van der Waals surface area contributed by atoms with Crippen molar-refractivity contribution in [2.45, 2.75) is 52.1 Å². The standard InChI is InChI=1S/C18H25N5O2/c1-13-11-19-16(20-12-13)23-15(5-8-21-23)14-6-9-22(10-7-14)17(24)25-18(2,3)4/h5,8,11-12,14H,6-7,9-10H2,1-4H3. The number of nitrogens with zero attached hydrogens (tertiary/aromatic N) is 5. The van der Waals surface area contributed by atoms with Gasteiger partial charge >= 0.3 is 6.09 Å². The quantitative estimate of drug-likeness (QED) is 0.838. The largest absolute Gasteiger partial charge is 0.444 e. The highest BCUT2D eigenvalue weighted by Gasteiger charge is 2.29. The third-order valence-corrected chi connectivity index (χ3v) is 4.19. The van der Waals surface area contributed by atoms with Crippen molar-refractivity contribution in [1.29, 1.82) is 0 Å². The maximum Gasteiger partial charge on any atom is 0.410 e. The number of amides is 1. The molecule has 134 valence electrons. The van der Waals surface area contributed by atoms with Crippen molar-refractivity contribution in [3.63, 3.8) is 0 Å². The minimum Gasteiger partial charge on any atom is -0.444 e. The smallest absolute Gasteiger partial charge is 0.410 e. The molecule has 0 aliphatic carbocycles. The van der Waals surface area contributed by atoms with Crippen LogP contribution in [0.3, 0.4) is 0 Å². The average Bonchev–Trinajstić information content (AvgIpc) is 3.04. The maximum atomic E-state index is 12.2. The lowest BCUT2D eigenvalue weighted by Gasteiger charge is -2.33. The average molecular weight is 343 g/mol. The minimum absolute atomic E-state index is 0.235. The van der Waals surface area contributed by atoms with Crippen LogP contribution in [0.1, 0.15) is 50.8 Å². The van der Waals surface area contributed by atoms with Gasteiger partial charge in [-0.05, 0) is 52.2 Å². The zero-order valence-electron chi connectivity index (χ0n) is 15.3. The molecule has 0 spiro atoms. The summed E-state index contributed by atoms with van der Waals surface area (Å²) in [6, 6.07) is 2.01. The van der Waals surface area contributed by atoms with E-state index in [4.69, 9.17) is 4.74 Å². The Balaban J connectivity index is 1.67. The molecule has 0 N–H and O–H groups in total. The van der Waals surface area contributed by atoms with Crippen LogP contribution in [0.15, 0.2) is 24.7 Å². The molecule has 25 heavy (non-hydrogen) atoms. The molecule has 2 aromatic rings. The minimum atomic E-state index is -0.463. The summed E-state index contributed by atoms with van der Waals surface area (Å²) in [5.41, 5.74) is 1.64. The van der Waals surface area contributed by atoms with E-state index in [-0.39, 0.29) is 6.09 Å². The van der Waals surface area contributed by atoms with Crippen LogP contribution >= 0.6 is 0 Å². The van der Waals surface area contributed by atoms with E-state index in [1.54, 1.807) is 28.2 Å². The lowest BCUT2D eigenvalue weighted by atomic mass is 9.93. The predicted octanol–water partition coefficient (Wildman–Crippen LogP) is 3.09. The van der Waals surface area contributed by atoms with Crippen LogP contribution < -0.4 is 0 Å². The van der Waals surface area contributed by atoms with Crippen LogP contribution in [0, 0.1) is 6.92 Å². The van der Waals surface area contributed by atoms with Crippen LogP contribution in [0.25, 0.3) is 5.95 Å². The molecule has 7 heteroatoms. The summed E-state index contributed by atoms with van der Waals surface area (Å²) in [7, 11) is 0. The van der Waals surface area contributed by atoms with Gasteiger partial charge in [-0.2, -0.15) is 5.10 Å². The molecule has 0 bridgehead atoms. The topological polar surface area (TPSA) is 73.1 Å². The number of piperidine rings is 1. The number of carbonyl (C=O) groups is 1. The summed E-state index contributed by atoms with van der Waals surface area (Å²) in [6.07, 6.45) is 6.87. The Morgan fingerprint density at radius 3 is 2.44 bits per heavy atom. The van der Waals surface area contributed by atoms with Gasteiger partial charge in [-0.3, -0.25) is 0 Å². The van der Waals surface area contributed by atoms with E-state index < -0.39 is 5.60 Å². The molecule has 1 fully saturated rings. The number of hydrogen-bond acceptors (Lipinski definition) is 5. The van der Waals surface area contributed by atoms with Gasteiger partial charge < -0.3 is 9.64 Å². The molecule has 0 radical (unpaired) electrons. The van der Waals surface area contributed by atoms with E-state index >= 15 is 0 Å². The molecule has 3 rings (SSSR count). The molecule has 3 heterocycles. The molecule has 0 unspecified atom stereocenters. The summed E-state index contributed by atoms with van der Waals surface area (Å²) in [4.78, 5) is 22.7. The molecule has 1 amide bonds. The molecule has 7 nitrogen and oxygen atoms in total. The van der Waals surface area contributed by atoms with Crippen molar-refractivity contribution in [2.75, 3.05) is 13.1 Å². The fourth-order valence-electron chi connectivity index (χ4n) is 2.97. The van der Waals surface area contributed by atoms with Gasteiger partial charge in [0.1, 0.15) is 5.60 Å². The van der Waals surface area contributed by atoms with E-state index in [1.165, 1.54) is 0 Å². The van der Waals surface area contributed by atoms with Crippen molar-refractivity contribution in [2.24, 2.45) is 0 Å². The third-order valence-electron chi connectivity index (χ3n) is 4.19. The van der Waals surface area contributed by atoms with Crippen molar-refractivity contribution < 1.29 is 9.53 Å². The summed E-state index contributed by atoms with van der Waals surface area (Å²) in [6.45, 7) is 8.98. The van der Waals surface area contributed by atoms with Crippen LogP contribution in [0.5, 0.6) is 0 Å². The second kappa shape index (κ2) is 6.82. The van der Waals surface area contributed by atoms with Crippen molar-refractivity contribution in [3.8, 4) is 5.95 Å². The van der Waals surface area contributed by atoms with Gasteiger partial charge in [-0.15, -0.1) is 0 Å². The fraction of sp³-hybridized carbons (Fsp3) is 0.556. The van der Waals surface area contributed by atoms with Gasteiger partial charge in [-0.1, -0.05) is 0 Å². The normalized spacial score (nSPS) is 16.1. The van der Waals surface area contributed by atoms with Crippen LogP contribution in [-0.2, 0) is 4.74 Å². The van der Waals surface area contributed by atoms with E-state index in [9.17, 15) is 4.79 Å². The van der Waals surface area contributed by atoms with Gasteiger partial charge in [0.15, 0.2) is 0 Å². The highest BCUT2D eigenvalue weighted by Crippen LogP contribution is 2.29. The van der Waals surface area contributed by atoms with E-state index in [1.807, 2.05) is 33.8 Å². The molecule has 2 aromatic heterocycles. The Bertz CT molecular complexity index is 725. The number of carbonyl (C=O) groups excluding carboxylic acids is 1. The first-order chi connectivity index (χ1) is 11.8. The van der Waals surface area contributed by atoms with Crippen LogP contribution in [0.4, 0.5) is 4.79 Å². The Morgan fingerprint density at radius 1 is 1.20 bits per heavy atom. The fourth-order valence-corrected chi connectivity index (χ4v) is 2.97. The van der Waals surface area contributed by atoms with Crippen molar-refractivity contribution >= 4 is 6.09 Å². The number of rotatable bonds is 2. The Labute approximate surface area is 148 Å². The lowest BCUT2D eigenvalue weighted by molar-refractivity contribution is 0.0203. The number of ether oxygens (including phenoxy) is 1. The van der Waals surface area contributed by atoms with Gasteiger partial charge in [0.2, 0.25) is 0 Å². The summed E-state index contributed by atoms with van der Waals surface area (Å²) in [5, 5.41) is 4.38. The van der Waals surface area contributed by atoms with Crippen LogP contribution in [0.2, 0.25) is 0 Å². The first-order valence-corrected chi connectivity index (χ1v) is 8.64. The predicted molar refractivity (Wildman–Crippen MR) is 93.7 cm³/mol. The first-order valence-electron chi connectivity index (χ1n) is 8.64. The van der Waals surface area contributed by atoms with Gasteiger partial charge in [0.05, 0.1) is 5.69 Å². The Morgan fingerprint density at radius 2 is 1.84 bits per heavy atom. The van der Waals surface area contributed by atoms with Gasteiger partial charge in [0, 0.05) is 37.6 Å². The second-order valence-electron chi connectivity index (χ2n) is 7.47. The van der Waals surface area contributed by atoms with E-state index in [2.05, 4.69) is 15.1 Å². The maximum absolute atomic E-state index is 12.2. The molecule has 1 aliphatic rings. The number of aryl methyl sites for hydroxylation is 1. The molecule has 0 atom stereocenters. The lowest BCUT2D eigenvalue weighted by Crippen LogP contribution is -2.41. The number of hydrogen-bond donors (Lipinski definition) is 0. The second-order valence-corrected chi connectivity index (χ2v) is 7.47. The Hall–Kier alpha value is -2.44. The zero-order chi connectivity index (χ0) is 18.0.